The first-order chi connectivity index (χ1) is 12.4. The molecule has 3 fully saturated rings. The highest BCUT2D eigenvalue weighted by molar-refractivity contribution is 5.76. The van der Waals surface area contributed by atoms with Gasteiger partial charge in [-0.3, -0.25) is 4.79 Å². The van der Waals surface area contributed by atoms with Crippen LogP contribution in [0.2, 0.25) is 0 Å². The lowest BCUT2D eigenvalue weighted by Gasteiger charge is -2.46. The molecule has 4 rings (SSSR count). The summed E-state index contributed by atoms with van der Waals surface area (Å²) in [5.74, 6) is 1.13. The van der Waals surface area contributed by atoms with Gasteiger partial charge in [-0.2, -0.15) is 0 Å². The van der Waals surface area contributed by atoms with Gasteiger partial charge in [0, 0.05) is 18.8 Å². The molecule has 0 aromatic heterocycles. The molecule has 26 heavy (non-hydrogen) atoms. The molecular weight excluding hydrogens is 324 g/mol. The molecule has 2 aliphatic heterocycles. The van der Waals surface area contributed by atoms with Crippen LogP contribution in [0.5, 0.6) is 0 Å². The largest absolute Gasteiger partial charge is 0.461 e. The molecule has 4 heteroatoms. The van der Waals surface area contributed by atoms with Crippen molar-refractivity contribution in [2.24, 2.45) is 23.2 Å². The van der Waals surface area contributed by atoms with Gasteiger partial charge >= 0.3 is 5.97 Å². The first-order valence-electron chi connectivity index (χ1n) is 10.9. The number of nitrogens with one attached hydrogen (secondary N) is 2. The van der Waals surface area contributed by atoms with Crippen LogP contribution in [0, 0.1) is 23.2 Å². The number of esters is 1. The van der Waals surface area contributed by atoms with Gasteiger partial charge in [0.1, 0.15) is 12.0 Å². The number of piperidine rings is 1. The number of allylic oxidation sites excluding steroid dienone is 1. The first kappa shape index (κ1) is 18.5. The molecule has 6 atom stereocenters. The molecule has 2 N–H and O–H groups in total. The van der Waals surface area contributed by atoms with Crippen molar-refractivity contribution in [3.8, 4) is 0 Å². The van der Waals surface area contributed by atoms with E-state index in [-0.39, 0.29) is 23.4 Å². The third-order valence-electron chi connectivity index (χ3n) is 8.16. The first-order valence-corrected chi connectivity index (χ1v) is 10.9. The van der Waals surface area contributed by atoms with Crippen LogP contribution in [0.25, 0.3) is 0 Å². The van der Waals surface area contributed by atoms with Crippen LogP contribution >= 0.6 is 0 Å². The van der Waals surface area contributed by atoms with Gasteiger partial charge in [-0.25, -0.2) is 0 Å². The van der Waals surface area contributed by atoms with Gasteiger partial charge < -0.3 is 14.5 Å². The second-order valence-electron chi connectivity index (χ2n) is 10.1. The number of rotatable bonds is 3. The van der Waals surface area contributed by atoms with E-state index in [4.69, 9.17) is 4.74 Å². The molecule has 4 nitrogen and oxygen atoms in total. The summed E-state index contributed by atoms with van der Waals surface area (Å²) in [6.45, 7) is 8.27. The van der Waals surface area contributed by atoms with Crippen molar-refractivity contribution >= 4 is 5.97 Å². The van der Waals surface area contributed by atoms with Crippen molar-refractivity contribution < 1.29 is 19.3 Å². The Hall–Kier alpha value is -0.870. The minimum absolute atomic E-state index is 0.0678. The minimum Gasteiger partial charge on any atom is -0.461 e. The van der Waals surface area contributed by atoms with Crippen molar-refractivity contribution in [3.63, 3.8) is 0 Å². The molecule has 0 spiro atoms. The second kappa shape index (κ2) is 6.94. The maximum Gasteiger partial charge on any atom is 0.315 e. The fraction of sp³-hybridized carbons (Fsp3) is 0.864. The Balaban J connectivity index is 1.49. The van der Waals surface area contributed by atoms with Gasteiger partial charge in [-0.15, -0.1) is 0 Å². The van der Waals surface area contributed by atoms with E-state index in [1.165, 1.54) is 45.2 Å². The van der Waals surface area contributed by atoms with Crippen molar-refractivity contribution in [2.75, 3.05) is 33.7 Å². The summed E-state index contributed by atoms with van der Waals surface area (Å²) in [5, 5.41) is 0. The van der Waals surface area contributed by atoms with Crippen LogP contribution in [-0.2, 0) is 9.53 Å². The average Bonchev–Trinajstić information content (AvgIpc) is 2.88. The normalized spacial score (nSPS) is 46.8. The van der Waals surface area contributed by atoms with Crippen LogP contribution in [0.1, 0.15) is 52.4 Å². The summed E-state index contributed by atoms with van der Waals surface area (Å²) in [5.41, 5.74) is 1.90. The van der Waals surface area contributed by atoms with E-state index in [0.717, 1.165) is 13.0 Å². The second-order valence-corrected chi connectivity index (χ2v) is 10.1. The summed E-state index contributed by atoms with van der Waals surface area (Å²) >= 11 is 0. The van der Waals surface area contributed by atoms with Gasteiger partial charge in [0.25, 0.3) is 0 Å². The predicted octanol–water partition coefficient (Wildman–Crippen LogP) is 0.492. The van der Waals surface area contributed by atoms with Gasteiger partial charge in [0.15, 0.2) is 0 Å². The molecule has 2 heterocycles. The number of ether oxygens (including phenoxy) is 1. The SMILES string of the molecule is C[C@H]1CCC[C@]2(C)C[C@H]3OC(=O)[C@H](C[NH+](C)C4CC[NH+](C)CC4)[C@H]3C=C12. The maximum atomic E-state index is 12.7. The fourth-order valence-electron chi connectivity index (χ4n) is 6.40. The number of hydrogen-bond donors (Lipinski definition) is 2. The van der Waals surface area contributed by atoms with Crippen LogP contribution < -0.4 is 9.80 Å². The topological polar surface area (TPSA) is 35.2 Å². The molecule has 0 bridgehead atoms. The van der Waals surface area contributed by atoms with Crippen molar-refractivity contribution in [3.05, 3.63) is 11.6 Å². The van der Waals surface area contributed by atoms with Gasteiger partial charge in [0.05, 0.1) is 39.8 Å². The zero-order chi connectivity index (χ0) is 18.5. The molecule has 1 unspecified atom stereocenters. The van der Waals surface area contributed by atoms with Crippen molar-refractivity contribution in [1.82, 2.24) is 0 Å². The Bertz CT molecular complexity index is 581. The van der Waals surface area contributed by atoms with Gasteiger partial charge in [0.2, 0.25) is 0 Å². The predicted molar refractivity (Wildman–Crippen MR) is 102 cm³/mol. The van der Waals surface area contributed by atoms with Crippen LogP contribution in [0.15, 0.2) is 11.6 Å². The number of fused-ring (bicyclic) bond motifs is 2. The Morgan fingerprint density at radius 2 is 2.04 bits per heavy atom. The third-order valence-corrected chi connectivity index (χ3v) is 8.16. The van der Waals surface area contributed by atoms with E-state index in [0.29, 0.717) is 17.9 Å². The van der Waals surface area contributed by atoms with Crippen LogP contribution in [-0.4, -0.2) is 51.8 Å². The van der Waals surface area contributed by atoms with E-state index in [2.05, 4.69) is 34.0 Å². The van der Waals surface area contributed by atoms with Crippen molar-refractivity contribution in [1.29, 1.82) is 0 Å². The summed E-state index contributed by atoms with van der Waals surface area (Å²) in [6, 6.07) is 0.709. The minimum atomic E-state index is 0.0678. The Morgan fingerprint density at radius 3 is 2.77 bits per heavy atom. The Morgan fingerprint density at radius 1 is 1.31 bits per heavy atom. The molecule has 4 aliphatic rings. The lowest BCUT2D eigenvalue weighted by molar-refractivity contribution is -0.941. The highest BCUT2D eigenvalue weighted by atomic mass is 16.6. The summed E-state index contributed by atoms with van der Waals surface area (Å²) in [4.78, 5) is 15.9. The van der Waals surface area contributed by atoms with Crippen molar-refractivity contribution in [2.45, 2.75) is 64.5 Å². The van der Waals surface area contributed by atoms with E-state index in [1.54, 1.807) is 15.4 Å². The summed E-state index contributed by atoms with van der Waals surface area (Å²) < 4.78 is 5.93. The van der Waals surface area contributed by atoms with E-state index < -0.39 is 0 Å². The molecule has 146 valence electrons. The zero-order valence-corrected chi connectivity index (χ0v) is 17.1. The van der Waals surface area contributed by atoms with Crippen LogP contribution in [0.3, 0.4) is 0 Å². The van der Waals surface area contributed by atoms with E-state index >= 15 is 0 Å². The Kier molecular flexibility index (Phi) is 4.94. The number of hydrogen-bond acceptors (Lipinski definition) is 2. The quantitative estimate of drug-likeness (QED) is 0.566. The number of carbonyl (C=O) groups excluding carboxylic acids is 1. The Labute approximate surface area is 158 Å². The number of carbonyl (C=O) groups is 1. The molecule has 0 aromatic carbocycles. The standard InChI is InChI=1S/C22H36N2O2/c1-15-6-5-9-22(2)13-20-17(12-19(15)22)18(21(25)26-20)14-24(4)16-7-10-23(3)11-8-16/h12,15-18,20H,5-11,13-14H2,1-4H3/p+2/t15-,17+,18+,20+,22+/m0/s1. The van der Waals surface area contributed by atoms with Crippen LogP contribution in [0.4, 0.5) is 0 Å². The number of likely N-dealkylation sites (tertiary alicyclic amines) is 1. The van der Waals surface area contributed by atoms with Gasteiger partial charge in [-0.1, -0.05) is 31.9 Å². The van der Waals surface area contributed by atoms with Gasteiger partial charge in [-0.05, 0) is 30.6 Å². The average molecular weight is 363 g/mol. The van der Waals surface area contributed by atoms with E-state index in [1.807, 2.05) is 0 Å². The summed E-state index contributed by atoms with van der Waals surface area (Å²) in [6.07, 6.45) is 10.1. The monoisotopic (exact) mass is 362 g/mol. The molecule has 2 saturated heterocycles. The van der Waals surface area contributed by atoms with E-state index in [9.17, 15) is 4.79 Å². The highest BCUT2D eigenvalue weighted by Crippen LogP contribution is 2.53. The third kappa shape index (κ3) is 3.24. The molecule has 0 amide bonds. The fourth-order valence-corrected chi connectivity index (χ4v) is 6.40. The number of quaternary nitrogens is 2. The molecule has 2 aliphatic carbocycles. The highest BCUT2D eigenvalue weighted by Gasteiger charge is 2.52. The maximum absolute atomic E-state index is 12.7. The smallest absolute Gasteiger partial charge is 0.315 e. The molecule has 1 saturated carbocycles. The lowest BCUT2D eigenvalue weighted by Crippen LogP contribution is -3.18. The summed E-state index contributed by atoms with van der Waals surface area (Å²) in [7, 11) is 4.59. The zero-order valence-electron chi connectivity index (χ0n) is 17.1. The molecular formula is C22H38N2O2+2. The lowest BCUT2D eigenvalue weighted by atomic mass is 9.59. The molecule has 0 radical (unpaired) electrons. The molecule has 0 aromatic rings.